The van der Waals surface area contributed by atoms with Crippen molar-refractivity contribution in [3.05, 3.63) is 23.3 Å². The van der Waals surface area contributed by atoms with Gasteiger partial charge in [-0.25, -0.2) is 22.7 Å². The number of hydrogen-bond acceptors (Lipinski definition) is 5. The number of rotatable bonds is 5. The number of hydrogen-bond donors (Lipinski definition) is 0. The fraction of sp³-hybridized carbons (Fsp3) is 0.692. The van der Waals surface area contributed by atoms with E-state index < -0.39 is 10.0 Å². The van der Waals surface area contributed by atoms with Gasteiger partial charge in [-0.3, -0.25) is 4.90 Å². The lowest BCUT2D eigenvalue weighted by atomic mass is 10.1. The highest BCUT2D eigenvalue weighted by atomic mass is 32.2. The fourth-order valence-corrected chi connectivity index (χ4v) is 3.16. The topological polar surface area (TPSA) is 66.4 Å². The maximum Gasteiger partial charge on any atom is 0.213 e. The Hall–Kier alpha value is -1.05. The van der Waals surface area contributed by atoms with Gasteiger partial charge in [0.05, 0.1) is 11.4 Å². The second-order valence-corrected chi connectivity index (χ2v) is 7.67. The number of sulfonamides is 1. The zero-order chi connectivity index (χ0) is 14.8. The van der Waals surface area contributed by atoms with Crippen molar-refractivity contribution in [3.63, 3.8) is 0 Å². The molecule has 0 spiro atoms. The Morgan fingerprint density at radius 2 is 2.15 bits per heavy atom. The third kappa shape index (κ3) is 3.74. The molecule has 0 saturated carbocycles. The smallest absolute Gasteiger partial charge is 0.213 e. The summed E-state index contributed by atoms with van der Waals surface area (Å²) in [7, 11) is 0.0659. The summed E-state index contributed by atoms with van der Waals surface area (Å²) >= 11 is 0. The molecular weight excluding hydrogens is 276 g/mol. The molecule has 0 amide bonds. The highest BCUT2D eigenvalue weighted by Crippen LogP contribution is 2.16. The van der Waals surface area contributed by atoms with Gasteiger partial charge in [-0.05, 0) is 31.9 Å². The van der Waals surface area contributed by atoms with E-state index in [1.807, 2.05) is 13.1 Å². The van der Waals surface area contributed by atoms with E-state index in [2.05, 4.69) is 14.9 Å². The molecule has 1 aliphatic rings. The Labute approximate surface area is 120 Å². The van der Waals surface area contributed by atoms with Crippen LogP contribution in [0, 0.1) is 6.92 Å². The lowest BCUT2D eigenvalue weighted by Gasteiger charge is -2.27. The lowest BCUT2D eigenvalue weighted by Crippen LogP contribution is -2.34. The van der Waals surface area contributed by atoms with E-state index in [-0.39, 0.29) is 5.75 Å². The van der Waals surface area contributed by atoms with Crippen LogP contribution in [-0.4, -0.2) is 60.5 Å². The number of nitrogens with zero attached hydrogens (tertiary/aromatic N) is 4. The largest absolute Gasteiger partial charge is 0.297 e. The number of aromatic nitrogens is 2. The molecule has 1 aromatic rings. The first-order chi connectivity index (χ1) is 9.38. The molecule has 0 radical (unpaired) electrons. The van der Waals surface area contributed by atoms with Crippen LogP contribution >= 0.6 is 0 Å². The van der Waals surface area contributed by atoms with E-state index >= 15 is 0 Å². The van der Waals surface area contributed by atoms with Crippen molar-refractivity contribution in [2.75, 3.05) is 32.9 Å². The molecule has 20 heavy (non-hydrogen) atoms. The third-order valence-corrected chi connectivity index (χ3v) is 5.50. The minimum atomic E-state index is -3.09. The van der Waals surface area contributed by atoms with Gasteiger partial charge >= 0.3 is 0 Å². The van der Waals surface area contributed by atoms with Crippen LogP contribution in [-0.2, 0) is 23.0 Å². The summed E-state index contributed by atoms with van der Waals surface area (Å²) in [4.78, 5) is 11.0. The normalized spacial score (nSPS) is 16.4. The first kappa shape index (κ1) is 15.3. The molecule has 1 aliphatic heterocycles. The average Bonchev–Trinajstić information content (AvgIpc) is 2.37. The molecule has 2 rings (SSSR count). The van der Waals surface area contributed by atoms with Gasteiger partial charge in [0, 0.05) is 33.4 Å². The number of fused-ring (bicyclic) bond motifs is 1. The molecule has 0 unspecified atom stereocenters. The molecule has 0 saturated heterocycles. The van der Waals surface area contributed by atoms with Crippen LogP contribution in [0.2, 0.25) is 0 Å². The average molecular weight is 298 g/mol. The molecule has 0 N–H and O–H groups in total. The summed E-state index contributed by atoms with van der Waals surface area (Å²) < 4.78 is 24.7. The summed E-state index contributed by atoms with van der Waals surface area (Å²) in [5.74, 6) is 0.993. The predicted molar refractivity (Wildman–Crippen MR) is 77.8 cm³/mol. The first-order valence-electron chi connectivity index (χ1n) is 6.82. The SMILES string of the molecule is Cc1ncc2c(n1)CN(CCCS(=O)(=O)N(C)C)CC2. The lowest BCUT2D eigenvalue weighted by molar-refractivity contribution is 0.250. The van der Waals surface area contributed by atoms with Crippen LogP contribution in [0.4, 0.5) is 0 Å². The van der Waals surface area contributed by atoms with Crippen molar-refractivity contribution >= 4 is 10.0 Å². The van der Waals surface area contributed by atoms with E-state index in [1.54, 1.807) is 14.1 Å². The van der Waals surface area contributed by atoms with Crippen LogP contribution in [0.3, 0.4) is 0 Å². The summed E-state index contributed by atoms with van der Waals surface area (Å²) in [5, 5.41) is 0. The monoisotopic (exact) mass is 298 g/mol. The fourth-order valence-electron chi connectivity index (χ4n) is 2.30. The molecule has 0 bridgehead atoms. The zero-order valence-corrected chi connectivity index (χ0v) is 13.2. The summed E-state index contributed by atoms with van der Waals surface area (Å²) in [6.45, 7) is 4.42. The van der Waals surface area contributed by atoms with Crippen LogP contribution in [0.1, 0.15) is 23.5 Å². The van der Waals surface area contributed by atoms with E-state index in [4.69, 9.17) is 0 Å². The van der Waals surface area contributed by atoms with Crippen LogP contribution in [0.5, 0.6) is 0 Å². The maximum absolute atomic E-state index is 11.7. The van der Waals surface area contributed by atoms with Crippen LogP contribution in [0.15, 0.2) is 6.20 Å². The van der Waals surface area contributed by atoms with E-state index in [0.29, 0.717) is 6.42 Å². The highest BCUT2D eigenvalue weighted by molar-refractivity contribution is 7.89. The summed E-state index contributed by atoms with van der Waals surface area (Å²) in [6, 6.07) is 0. The third-order valence-electron chi connectivity index (χ3n) is 3.58. The molecule has 1 aromatic heterocycles. The predicted octanol–water partition coefficient (Wildman–Crippen LogP) is 0.425. The molecule has 0 fully saturated rings. The molecule has 0 aromatic carbocycles. The molecule has 0 atom stereocenters. The minimum absolute atomic E-state index is 0.201. The van der Waals surface area contributed by atoms with Crippen molar-refractivity contribution < 1.29 is 8.42 Å². The standard InChI is InChI=1S/C13H22N4O2S/c1-11-14-9-12-5-7-17(10-13(12)15-11)6-4-8-20(18,19)16(2)3/h9H,4-8,10H2,1-3H3. The molecule has 6 nitrogen and oxygen atoms in total. The Kier molecular flexibility index (Phi) is 4.72. The van der Waals surface area contributed by atoms with Crippen LogP contribution < -0.4 is 0 Å². The first-order valence-corrected chi connectivity index (χ1v) is 8.43. The Bertz CT molecular complexity index is 572. The molecule has 2 heterocycles. The summed E-state index contributed by atoms with van der Waals surface area (Å²) in [6.07, 6.45) is 3.50. The molecule has 7 heteroatoms. The van der Waals surface area contributed by atoms with E-state index in [0.717, 1.165) is 37.6 Å². The van der Waals surface area contributed by atoms with Crippen molar-refractivity contribution in [2.24, 2.45) is 0 Å². The number of aryl methyl sites for hydroxylation is 1. The van der Waals surface area contributed by atoms with Gasteiger partial charge in [0.25, 0.3) is 0 Å². The van der Waals surface area contributed by atoms with Crippen molar-refractivity contribution in [2.45, 2.75) is 26.3 Å². The van der Waals surface area contributed by atoms with Gasteiger partial charge in [0.1, 0.15) is 5.82 Å². The van der Waals surface area contributed by atoms with Gasteiger partial charge in [0.2, 0.25) is 10.0 Å². The molecular formula is C13H22N4O2S. The second-order valence-electron chi connectivity index (χ2n) is 5.37. The van der Waals surface area contributed by atoms with Gasteiger partial charge in [-0.15, -0.1) is 0 Å². The highest BCUT2D eigenvalue weighted by Gasteiger charge is 2.19. The van der Waals surface area contributed by atoms with Crippen LogP contribution in [0.25, 0.3) is 0 Å². The molecule has 112 valence electrons. The Morgan fingerprint density at radius 3 is 2.85 bits per heavy atom. The van der Waals surface area contributed by atoms with Crippen molar-refractivity contribution in [1.29, 1.82) is 0 Å². The van der Waals surface area contributed by atoms with E-state index in [1.165, 1.54) is 9.87 Å². The van der Waals surface area contributed by atoms with Crippen molar-refractivity contribution in [3.8, 4) is 0 Å². The van der Waals surface area contributed by atoms with Gasteiger partial charge in [-0.2, -0.15) is 0 Å². The van der Waals surface area contributed by atoms with Gasteiger partial charge in [0.15, 0.2) is 0 Å². The second kappa shape index (κ2) is 6.15. The Balaban J connectivity index is 1.88. The minimum Gasteiger partial charge on any atom is -0.297 e. The van der Waals surface area contributed by atoms with Gasteiger partial charge in [-0.1, -0.05) is 0 Å². The maximum atomic E-state index is 11.7. The quantitative estimate of drug-likeness (QED) is 0.788. The summed E-state index contributed by atoms with van der Waals surface area (Å²) in [5.41, 5.74) is 2.30. The molecule has 0 aliphatic carbocycles. The zero-order valence-electron chi connectivity index (χ0n) is 12.3. The Morgan fingerprint density at radius 1 is 1.40 bits per heavy atom. The van der Waals surface area contributed by atoms with Crippen molar-refractivity contribution in [1.82, 2.24) is 19.2 Å². The van der Waals surface area contributed by atoms with E-state index in [9.17, 15) is 8.42 Å². The van der Waals surface area contributed by atoms with Gasteiger partial charge < -0.3 is 0 Å².